The van der Waals surface area contributed by atoms with Crippen LogP contribution < -0.4 is 15.4 Å². The van der Waals surface area contributed by atoms with Crippen LogP contribution >= 0.6 is 0 Å². The van der Waals surface area contributed by atoms with Crippen LogP contribution in [0.25, 0.3) is 22.2 Å². The highest BCUT2D eigenvalue weighted by atomic mass is 16.5. The number of hydrogen-bond acceptors (Lipinski definition) is 3. The van der Waals surface area contributed by atoms with Crippen molar-refractivity contribution < 1.29 is 14.3 Å². The maximum Gasteiger partial charge on any atom is 0.251 e. The fourth-order valence-electron chi connectivity index (χ4n) is 3.91. The number of amides is 2. The van der Waals surface area contributed by atoms with Gasteiger partial charge in [0.2, 0.25) is 5.91 Å². The molecule has 3 aromatic carbocycles. The molecule has 0 saturated heterocycles. The summed E-state index contributed by atoms with van der Waals surface area (Å²) in [5.74, 6) is 0.660. The zero-order chi connectivity index (χ0) is 23.2. The molecule has 0 aliphatic heterocycles. The first kappa shape index (κ1) is 22.1. The molecule has 2 amide bonds. The average molecular weight is 442 g/mol. The lowest BCUT2D eigenvalue weighted by molar-refractivity contribution is -0.121. The molecule has 0 radical (unpaired) electrons. The van der Waals surface area contributed by atoms with Gasteiger partial charge in [-0.2, -0.15) is 0 Å². The fourth-order valence-corrected chi connectivity index (χ4v) is 3.91. The van der Waals surface area contributed by atoms with E-state index in [0.717, 1.165) is 39.0 Å². The lowest BCUT2D eigenvalue weighted by atomic mass is 10.0. The predicted molar refractivity (Wildman–Crippen MR) is 130 cm³/mol. The zero-order valence-electron chi connectivity index (χ0n) is 18.8. The van der Waals surface area contributed by atoms with Crippen LogP contribution in [0.5, 0.6) is 5.75 Å². The Hall–Kier alpha value is -4.06. The third-order valence-electron chi connectivity index (χ3n) is 5.73. The quantitative estimate of drug-likeness (QED) is 0.378. The number of hydrogen-bond donors (Lipinski definition) is 3. The Morgan fingerprint density at radius 2 is 1.67 bits per heavy atom. The number of aryl methyl sites for hydroxylation is 1. The highest BCUT2D eigenvalue weighted by Crippen LogP contribution is 2.32. The molecule has 4 rings (SSSR count). The van der Waals surface area contributed by atoms with Crippen LogP contribution in [0, 0.1) is 0 Å². The Bertz CT molecular complexity index is 1260. The number of carbonyl (C=O) groups is 2. The molecule has 33 heavy (non-hydrogen) atoms. The number of H-pyrrole nitrogens is 1. The number of carbonyl (C=O) groups excluding carboxylic acids is 2. The lowest BCUT2D eigenvalue weighted by Crippen LogP contribution is -2.23. The van der Waals surface area contributed by atoms with Crippen molar-refractivity contribution in [2.45, 2.75) is 19.4 Å². The molecule has 6 heteroatoms. The van der Waals surface area contributed by atoms with Crippen molar-refractivity contribution >= 4 is 22.7 Å². The third-order valence-corrected chi connectivity index (χ3v) is 5.73. The standard InChI is InChI=1S/C27H27N3O3/c1-28-27(32)20-9-7-18(8-10-20)17-29-25(31)16-15-23-22-5-3-4-6-24(22)30-26(23)19-11-13-21(33-2)14-12-19/h3-14,30H,15-17H2,1-2H3,(H,28,32)(H,29,31). The first-order chi connectivity index (χ1) is 16.1. The van der Waals surface area contributed by atoms with Gasteiger partial charge in [-0.25, -0.2) is 0 Å². The van der Waals surface area contributed by atoms with Crippen molar-refractivity contribution in [3.63, 3.8) is 0 Å². The van der Waals surface area contributed by atoms with E-state index in [-0.39, 0.29) is 11.8 Å². The SMILES string of the molecule is CNC(=O)c1ccc(CNC(=O)CCc2c(-c3ccc(OC)cc3)[nH]c3ccccc23)cc1. The van der Waals surface area contributed by atoms with Gasteiger partial charge in [0.25, 0.3) is 5.91 Å². The molecule has 0 saturated carbocycles. The van der Waals surface area contributed by atoms with E-state index in [1.807, 2.05) is 54.6 Å². The first-order valence-corrected chi connectivity index (χ1v) is 10.9. The summed E-state index contributed by atoms with van der Waals surface area (Å²) >= 11 is 0. The minimum absolute atomic E-state index is 0.0173. The summed E-state index contributed by atoms with van der Waals surface area (Å²) in [5.41, 5.74) is 5.80. The molecule has 4 aromatic rings. The molecule has 1 aromatic heterocycles. The number of aromatic amines is 1. The van der Waals surface area contributed by atoms with Gasteiger partial charge in [-0.15, -0.1) is 0 Å². The Morgan fingerprint density at radius 1 is 0.939 bits per heavy atom. The summed E-state index contributed by atoms with van der Waals surface area (Å²) < 4.78 is 5.28. The molecule has 3 N–H and O–H groups in total. The van der Waals surface area contributed by atoms with E-state index in [0.29, 0.717) is 24.9 Å². The van der Waals surface area contributed by atoms with E-state index >= 15 is 0 Å². The molecule has 0 spiro atoms. The second-order valence-electron chi connectivity index (χ2n) is 7.81. The fraction of sp³-hybridized carbons (Fsp3) is 0.185. The number of para-hydroxylation sites is 1. The summed E-state index contributed by atoms with van der Waals surface area (Å²) in [5, 5.41) is 6.70. The van der Waals surface area contributed by atoms with E-state index in [4.69, 9.17) is 4.74 Å². The van der Waals surface area contributed by atoms with Crippen molar-refractivity contribution in [1.82, 2.24) is 15.6 Å². The normalized spacial score (nSPS) is 10.7. The van der Waals surface area contributed by atoms with Gasteiger partial charge in [0.05, 0.1) is 7.11 Å². The minimum atomic E-state index is -0.128. The Kier molecular flexibility index (Phi) is 6.74. The molecule has 0 atom stereocenters. The summed E-state index contributed by atoms with van der Waals surface area (Å²) in [6.45, 7) is 0.423. The number of benzene rings is 3. The van der Waals surface area contributed by atoms with Gasteiger partial charge in [0, 0.05) is 42.2 Å². The number of aromatic nitrogens is 1. The summed E-state index contributed by atoms with van der Waals surface area (Å²) in [4.78, 5) is 27.8. The number of ether oxygens (including phenoxy) is 1. The molecular formula is C27H27N3O3. The van der Waals surface area contributed by atoms with Gasteiger partial charge < -0.3 is 20.4 Å². The highest BCUT2D eigenvalue weighted by molar-refractivity contribution is 5.94. The zero-order valence-corrected chi connectivity index (χ0v) is 18.8. The maximum atomic E-state index is 12.6. The van der Waals surface area contributed by atoms with Gasteiger partial charge in [-0.3, -0.25) is 9.59 Å². The number of nitrogens with one attached hydrogen (secondary N) is 3. The molecule has 0 fully saturated rings. The average Bonchev–Trinajstić information content (AvgIpc) is 3.24. The molecule has 0 aliphatic rings. The van der Waals surface area contributed by atoms with Gasteiger partial charge in [0.1, 0.15) is 5.75 Å². The van der Waals surface area contributed by atoms with Crippen LogP contribution in [0.15, 0.2) is 72.8 Å². The van der Waals surface area contributed by atoms with E-state index < -0.39 is 0 Å². The van der Waals surface area contributed by atoms with Gasteiger partial charge >= 0.3 is 0 Å². The number of methoxy groups -OCH3 is 1. The maximum absolute atomic E-state index is 12.6. The second kappa shape index (κ2) is 10.0. The van der Waals surface area contributed by atoms with Crippen molar-refractivity contribution in [3.05, 3.63) is 89.5 Å². The van der Waals surface area contributed by atoms with Crippen LogP contribution in [-0.2, 0) is 17.8 Å². The van der Waals surface area contributed by atoms with Crippen molar-refractivity contribution in [2.24, 2.45) is 0 Å². The molecule has 0 unspecified atom stereocenters. The van der Waals surface area contributed by atoms with Crippen LogP contribution in [0.4, 0.5) is 0 Å². The summed E-state index contributed by atoms with van der Waals surface area (Å²) in [6.07, 6.45) is 0.994. The van der Waals surface area contributed by atoms with Crippen molar-refractivity contribution in [3.8, 4) is 17.0 Å². The molecular weight excluding hydrogens is 414 g/mol. The summed E-state index contributed by atoms with van der Waals surface area (Å²) in [7, 11) is 3.25. The van der Waals surface area contributed by atoms with Crippen molar-refractivity contribution in [1.29, 1.82) is 0 Å². The molecule has 1 heterocycles. The van der Waals surface area contributed by atoms with E-state index in [1.54, 1.807) is 26.3 Å². The Labute approximate surface area is 193 Å². The molecule has 6 nitrogen and oxygen atoms in total. The van der Waals surface area contributed by atoms with Gasteiger partial charge in [-0.1, -0.05) is 30.3 Å². The van der Waals surface area contributed by atoms with Crippen LogP contribution in [0.1, 0.15) is 27.9 Å². The largest absolute Gasteiger partial charge is 0.497 e. The van der Waals surface area contributed by atoms with Crippen LogP contribution in [0.3, 0.4) is 0 Å². The van der Waals surface area contributed by atoms with Crippen LogP contribution in [0.2, 0.25) is 0 Å². The van der Waals surface area contributed by atoms with Gasteiger partial charge in [0.15, 0.2) is 0 Å². The Morgan fingerprint density at radius 3 is 2.36 bits per heavy atom. The lowest BCUT2D eigenvalue weighted by Gasteiger charge is -2.08. The van der Waals surface area contributed by atoms with E-state index in [1.165, 1.54) is 0 Å². The van der Waals surface area contributed by atoms with Crippen molar-refractivity contribution in [2.75, 3.05) is 14.2 Å². The van der Waals surface area contributed by atoms with E-state index in [2.05, 4.69) is 21.7 Å². The minimum Gasteiger partial charge on any atom is -0.497 e. The summed E-state index contributed by atoms with van der Waals surface area (Å²) in [6, 6.07) is 23.3. The first-order valence-electron chi connectivity index (χ1n) is 10.9. The number of rotatable bonds is 8. The van der Waals surface area contributed by atoms with Crippen LogP contribution in [-0.4, -0.2) is 31.0 Å². The third kappa shape index (κ3) is 5.06. The highest BCUT2D eigenvalue weighted by Gasteiger charge is 2.14. The predicted octanol–water partition coefficient (Wildman–Crippen LogP) is 4.45. The topological polar surface area (TPSA) is 83.2 Å². The number of fused-ring (bicyclic) bond motifs is 1. The molecule has 0 bridgehead atoms. The molecule has 0 aliphatic carbocycles. The van der Waals surface area contributed by atoms with Gasteiger partial charge in [-0.05, 0) is 65.6 Å². The monoisotopic (exact) mass is 441 g/mol. The second-order valence-corrected chi connectivity index (χ2v) is 7.81. The molecule has 168 valence electrons. The Balaban J connectivity index is 1.45. The smallest absolute Gasteiger partial charge is 0.251 e. The van der Waals surface area contributed by atoms with E-state index in [9.17, 15) is 9.59 Å².